The predicted octanol–water partition coefficient (Wildman–Crippen LogP) is -0.974. The molecular formula is C10H20N4O3. The Balaban J connectivity index is 4.28. The van der Waals surface area contributed by atoms with Crippen molar-refractivity contribution < 1.29 is 14.4 Å². The van der Waals surface area contributed by atoms with Crippen LogP contribution in [0, 0.1) is 0 Å². The van der Waals surface area contributed by atoms with E-state index in [0.29, 0.717) is 6.54 Å². The van der Waals surface area contributed by atoms with Gasteiger partial charge in [-0.3, -0.25) is 20.2 Å². The van der Waals surface area contributed by atoms with Crippen molar-refractivity contribution in [2.75, 3.05) is 13.6 Å². The van der Waals surface area contributed by atoms with Gasteiger partial charge < -0.3 is 10.6 Å². The first-order valence-electron chi connectivity index (χ1n) is 5.40. The highest BCUT2D eigenvalue weighted by Gasteiger charge is 2.22. The van der Waals surface area contributed by atoms with Crippen molar-refractivity contribution in [2.45, 2.75) is 32.9 Å². The lowest BCUT2D eigenvalue weighted by atomic mass is 10.2. The van der Waals surface area contributed by atoms with Crippen LogP contribution < -0.4 is 16.4 Å². The van der Waals surface area contributed by atoms with Crippen molar-refractivity contribution in [3.8, 4) is 0 Å². The minimum Gasteiger partial charge on any atom is -0.351 e. The van der Waals surface area contributed by atoms with E-state index in [-0.39, 0.29) is 5.91 Å². The van der Waals surface area contributed by atoms with Crippen molar-refractivity contribution >= 4 is 17.8 Å². The molecule has 0 heterocycles. The van der Waals surface area contributed by atoms with Gasteiger partial charge in [0.1, 0.15) is 0 Å². The molecule has 0 aliphatic carbocycles. The number of nitrogens with zero attached hydrogens (tertiary/aromatic N) is 1. The van der Waals surface area contributed by atoms with Crippen LogP contribution in [0.15, 0.2) is 0 Å². The third-order valence-electron chi connectivity index (χ3n) is 2.36. The van der Waals surface area contributed by atoms with E-state index in [1.807, 2.05) is 12.2 Å². The normalized spacial score (nSPS) is 13.6. The van der Waals surface area contributed by atoms with Crippen molar-refractivity contribution in [1.29, 1.82) is 0 Å². The molecule has 0 aliphatic heterocycles. The van der Waals surface area contributed by atoms with Crippen LogP contribution in [0.4, 0.5) is 4.79 Å². The maximum absolute atomic E-state index is 11.7. The molecular weight excluding hydrogens is 224 g/mol. The molecule has 17 heavy (non-hydrogen) atoms. The number of imide groups is 1. The first kappa shape index (κ1) is 15.4. The number of hydrogen-bond acceptors (Lipinski definition) is 4. The zero-order valence-corrected chi connectivity index (χ0v) is 10.6. The van der Waals surface area contributed by atoms with Gasteiger partial charge in [-0.2, -0.15) is 0 Å². The van der Waals surface area contributed by atoms with E-state index in [4.69, 9.17) is 5.73 Å². The van der Waals surface area contributed by atoms with E-state index in [2.05, 4.69) is 5.32 Å². The Labute approximate surface area is 101 Å². The van der Waals surface area contributed by atoms with E-state index in [1.54, 1.807) is 20.9 Å². The zero-order chi connectivity index (χ0) is 13.6. The Morgan fingerprint density at radius 3 is 2.18 bits per heavy atom. The fraction of sp³-hybridized carbons (Fsp3) is 0.700. The molecule has 4 N–H and O–H groups in total. The summed E-state index contributed by atoms with van der Waals surface area (Å²) in [6.45, 7) is 5.65. The Bertz CT molecular complexity index is 306. The van der Waals surface area contributed by atoms with Gasteiger partial charge in [0.25, 0.3) is 0 Å². The highest BCUT2D eigenvalue weighted by molar-refractivity contribution is 5.96. The summed E-state index contributed by atoms with van der Waals surface area (Å²) < 4.78 is 0. The van der Waals surface area contributed by atoms with Crippen LogP contribution in [0.3, 0.4) is 0 Å². The second kappa shape index (κ2) is 6.85. The van der Waals surface area contributed by atoms with Crippen LogP contribution in [0.2, 0.25) is 0 Å². The largest absolute Gasteiger partial charge is 0.351 e. The summed E-state index contributed by atoms with van der Waals surface area (Å²) in [7, 11) is 1.68. The number of hydrogen-bond donors (Lipinski definition) is 3. The van der Waals surface area contributed by atoms with Crippen molar-refractivity contribution in [1.82, 2.24) is 15.5 Å². The Morgan fingerprint density at radius 2 is 1.76 bits per heavy atom. The number of amides is 4. The van der Waals surface area contributed by atoms with Crippen molar-refractivity contribution in [3.63, 3.8) is 0 Å². The molecule has 0 radical (unpaired) electrons. The Morgan fingerprint density at radius 1 is 1.24 bits per heavy atom. The minimum atomic E-state index is -0.909. The number of nitrogens with two attached hydrogens (primary N) is 1. The molecule has 0 aromatic carbocycles. The molecule has 4 amide bonds. The van der Waals surface area contributed by atoms with Crippen molar-refractivity contribution in [2.24, 2.45) is 5.73 Å². The monoisotopic (exact) mass is 244 g/mol. The summed E-state index contributed by atoms with van der Waals surface area (Å²) in [6, 6.07) is -2.09. The van der Waals surface area contributed by atoms with E-state index >= 15 is 0 Å². The Hall–Kier alpha value is -1.63. The molecule has 98 valence electrons. The van der Waals surface area contributed by atoms with Gasteiger partial charge in [-0.05, 0) is 20.8 Å². The first-order chi connectivity index (χ1) is 7.79. The standard InChI is InChI=1S/C10H20N4O3/c1-5-14(4)9(16)7(3)12-6(2)8(15)13-10(11)17/h6-7,12H,5H2,1-4H3,(H3,11,13,15,17). The molecule has 0 aromatic rings. The van der Waals surface area contributed by atoms with Crippen LogP contribution in [0.25, 0.3) is 0 Å². The number of carbonyl (C=O) groups excluding carboxylic acids is 3. The van der Waals surface area contributed by atoms with Gasteiger partial charge in [0, 0.05) is 13.6 Å². The van der Waals surface area contributed by atoms with Crippen molar-refractivity contribution in [3.05, 3.63) is 0 Å². The number of urea groups is 1. The lowest BCUT2D eigenvalue weighted by Crippen LogP contribution is -2.52. The van der Waals surface area contributed by atoms with Gasteiger partial charge in [-0.1, -0.05) is 0 Å². The molecule has 0 rings (SSSR count). The number of nitrogens with one attached hydrogen (secondary N) is 2. The third kappa shape index (κ3) is 5.30. The summed E-state index contributed by atoms with van der Waals surface area (Å²) in [6.07, 6.45) is 0. The van der Waals surface area contributed by atoms with Crippen LogP contribution in [-0.4, -0.2) is 48.4 Å². The second-order valence-electron chi connectivity index (χ2n) is 3.82. The summed E-state index contributed by atoms with van der Waals surface area (Å²) in [4.78, 5) is 35.1. The van der Waals surface area contributed by atoms with Crippen LogP contribution >= 0.6 is 0 Å². The van der Waals surface area contributed by atoms with Gasteiger partial charge in [-0.15, -0.1) is 0 Å². The molecule has 0 saturated carbocycles. The summed E-state index contributed by atoms with van der Waals surface area (Å²) in [5.41, 5.74) is 4.82. The lowest BCUT2D eigenvalue weighted by Gasteiger charge is -2.23. The maximum Gasteiger partial charge on any atom is 0.318 e. The van der Waals surface area contributed by atoms with Gasteiger partial charge in [0.05, 0.1) is 12.1 Å². The summed E-state index contributed by atoms with van der Waals surface area (Å²) in [5, 5.41) is 4.73. The van der Waals surface area contributed by atoms with E-state index in [9.17, 15) is 14.4 Å². The topological polar surface area (TPSA) is 105 Å². The highest BCUT2D eigenvalue weighted by Crippen LogP contribution is 1.94. The minimum absolute atomic E-state index is 0.119. The Kier molecular flexibility index (Phi) is 6.19. The molecule has 7 heteroatoms. The molecule has 0 bridgehead atoms. The molecule has 0 aliphatic rings. The van der Waals surface area contributed by atoms with Gasteiger partial charge >= 0.3 is 6.03 Å². The maximum atomic E-state index is 11.7. The van der Waals surface area contributed by atoms with E-state index < -0.39 is 24.0 Å². The molecule has 2 atom stereocenters. The first-order valence-corrected chi connectivity index (χ1v) is 5.40. The number of likely N-dealkylation sites (N-methyl/N-ethyl adjacent to an activating group) is 1. The highest BCUT2D eigenvalue weighted by atomic mass is 16.2. The van der Waals surface area contributed by atoms with Gasteiger partial charge in [0.2, 0.25) is 11.8 Å². The van der Waals surface area contributed by atoms with Crippen LogP contribution in [-0.2, 0) is 9.59 Å². The molecule has 7 nitrogen and oxygen atoms in total. The molecule has 0 fully saturated rings. The van der Waals surface area contributed by atoms with E-state index in [0.717, 1.165) is 0 Å². The second-order valence-corrected chi connectivity index (χ2v) is 3.82. The van der Waals surface area contributed by atoms with Crippen LogP contribution in [0.1, 0.15) is 20.8 Å². The SMILES string of the molecule is CCN(C)C(=O)C(C)NC(C)C(=O)NC(N)=O. The zero-order valence-electron chi connectivity index (χ0n) is 10.6. The fourth-order valence-electron chi connectivity index (χ4n) is 1.24. The molecule has 0 aromatic heterocycles. The molecule has 2 unspecified atom stereocenters. The van der Waals surface area contributed by atoms with Crippen LogP contribution in [0.5, 0.6) is 0 Å². The number of carbonyl (C=O) groups is 3. The van der Waals surface area contributed by atoms with Gasteiger partial charge in [-0.25, -0.2) is 4.79 Å². The lowest BCUT2D eigenvalue weighted by molar-refractivity contribution is -0.132. The van der Waals surface area contributed by atoms with E-state index in [1.165, 1.54) is 4.90 Å². The number of primary amides is 1. The quantitative estimate of drug-likeness (QED) is 0.578. The predicted molar refractivity (Wildman–Crippen MR) is 63.1 cm³/mol. The summed E-state index contributed by atoms with van der Waals surface area (Å²) >= 11 is 0. The van der Waals surface area contributed by atoms with Gasteiger partial charge in [0.15, 0.2) is 0 Å². The fourth-order valence-corrected chi connectivity index (χ4v) is 1.24. The average Bonchev–Trinajstić information content (AvgIpc) is 2.25. The third-order valence-corrected chi connectivity index (χ3v) is 2.36. The average molecular weight is 244 g/mol. The summed E-state index contributed by atoms with van der Waals surface area (Å²) in [5.74, 6) is -0.678. The number of rotatable bonds is 5. The smallest absolute Gasteiger partial charge is 0.318 e. The molecule has 0 saturated heterocycles. The molecule has 0 spiro atoms.